The summed E-state index contributed by atoms with van der Waals surface area (Å²) in [6.07, 6.45) is 3.29. The van der Waals surface area contributed by atoms with Crippen LogP contribution >= 0.6 is 11.3 Å². The highest BCUT2D eigenvalue weighted by molar-refractivity contribution is 7.17. The van der Waals surface area contributed by atoms with Crippen LogP contribution in [0.1, 0.15) is 21.3 Å². The third kappa shape index (κ3) is 2.99. The molecule has 0 fully saturated rings. The number of thiazole rings is 1. The lowest BCUT2D eigenvalue weighted by Crippen LogP contribution is -2.11. The summed E-state index contributed by atoms with van der Waals surface area (Å²) in [6.45, 7) is 3.58. The van der Waals surface area contributed by atoms with E-state index in [-0.39, 0.29) is 5.91 Å². The number of nitrogens with one attached hydrogen (secondary N) is 1. The van der Waals surface area contributed by atoms with Gasteiger partial charge in [0.1, 0.15) is 10.4 Å². The molecule has 0 aliphatic heterocycles. The second kappa shape index (κ2) is 6.06. The maximum atomic E-state index is 12.6. The summed E-state index contributed by atoms with van der Waals surface area (Å²) in [4.78, 5) is 30.1. The number of fused-ring (bicyclic) bond motifs is 1. The molecule has 0 spiro atoms. The highest BCUT2D eigenvalue weighted by atomic mass is 32.1. The van der Waals surface area contributed by atoms with Gasteiger partial charge in [-0.15, -0.1) is 11.3 Å². The van der Waals surface area contributed by atoms with Crippen molar-refractivity contribution in [1.29, 1.82) is 0 Å². The van der Waals surface area contributed by atoms with E-state index < -0.39 is 0 Å². The number of amides is 1. The molecule has 8 heteroatoms. The van der Waals surface area contributed by atoms with Crippen LogP contribution < -0.4 is 5.32 Å². The predicted molar refractivity (Wildman–Crippen MR) is 94.6 cm³/mol. The van der Waals surface area contributed by atoms with Gasteiger partial charge in [-0.3, -0.25) is 4.79 Å². The fourth-order valence-corrected chi connectivity index (χ4v) is 3.33. The summed E-state index contributed by atoms with van der Waals surface area (Å²) in [5, 5.41) is 3.49. The van der Waals surface area contributed by atoms with Crippen LogP contribution in [-0.4, -0.2) is 25.8 Å². The molecule has 4 aromatic rings. The molecule has 0 unspecified atom stereocenters. The van der Waals surface area contributed by atoms with Crippen LogP contribution in [0.25, 0.3) is 21.9 Å². The van der Waals surface area contributed by atoms with E-state index >= 15 is 0 Å². The minimum atomic E-state index is -0.225. The molecule has 3 aromatic heterocycles. The van der Waals surface area contributed by atoms with Gasteiger partial charge in [0.2, 0.25) is 0 Å². The Bertz CT molecular complexity index is 1070. The number of rotatable bonds is 3. The van der Waals surface area contributed by atoms with E-state index in [0.717, 1.165) is 0 Å². The normalized spacial score (nSPS) is 11.0. The number of hydrogen-bond donors (Lipinski definition) is 1. The van der Waals surface area contributed by atoms with Crippen molar-refractivity contribution in [2.75, 3.05) is 5.32 Å². The zero-order valence-corrected chi connectivity index (χ0v) is 14.3. The molecule has 0 aliphatic carbocycles. The summed E-state index contributed by atoms with van der Waals surface area (Å²) in [5.74, 6) is 0.871. The van der Waals surface area contributed by atoms with E-state index in [4.69, 9.17) is 4.42 Å². The van der Waals surface area contributed by atoms with Crippen molar-refractivity contribution in [2.45, 2.75) is 13.8 Å². The molecule has 0 atom stereocenters. The minimum absolute atomic E-state index is 0.225. The summed E-state index contributed by atoms with van der Waals surface area (Å²) < 4.78 is 5.44. The summed E-state index contributed by atoms with van der Waals surface area (Å²) >= 11 is 1.27. The first-order chi connectivity index (χ1) is 12.1. The largest absolute Gasteiger partial charge is 0.441 e. The van der Waals surface area contributed by atoms with Crippen molar-refractivity contribution in [2.24, 2.45) is 0 Å². The third-order valence-corrected chi connectivity index (χ3v) is 4.66. The Kier molecular flexibility index (Phi) is 3.73. The van der Waals surface area contributed by atoms with Gasteiger partial charge in [-0.25, -0.2) is 19.9 Å². The molecular weight excluding hydrogens is 338 g/mol. The first-order valence-corrected chi connectivity index (χ1v) is 8.35. The molecule has 0 saturated carbocycles. The van der Waals surface area contributed by atoms with E-state index in [0.29, 0.717) is 44.1 Å². The molecule has 3 heterocycles. The second-order valence-electron chi connectivity index (χ2n) is 5.38. The lowest BCUT2D eigenvalue weighted by molar-refractivity contribution is 0.103. The van der Waals surface area contributed by atoms with Gasteiger partial charge < -0.3 is 9.73 Å². The SMILES string of the molecule is Cc1nc2cc(NC(=O)c3sc(-c4ncccn4)nc3C)ccc2o1. The summed E-state index contributed by atoms with van der Waals surface area (Å²) in [7, 11) is 0. The second-order valence-corrected chi connectivity index (χ2v) is 6.37. The fraction of sp³-hybridized carbons (Fsp3) is 0.118. The number of benzene rings is 1. The highest BCUT2D eigenvalue weighted by Gasteiger charge is 2.18. The fourth-order valence-electron chi connectivity index (χ4n) is 2.42. The Morgan fingerprint density at radius 1 is 1.16 bits per heavy atom. The molecule has 0 aliphatic rings. The number of oxazole rings is 1. The number of carbonyl (C=O) groups excluding carboxylic acids is 1. The van der Waals surface area contributed by atoms with Gasteiger partial charge in [0.25, 0.3) is 5.91 Å². The van der Waals surface area contributed by atoms with Crippen LogP contribution in [0.3, 0.4) is 0 Å². The van der Waals surface area contributed by atoms with Crippen molar-refractivity contribution in [1.82, 2.24) is 19.9 Å². The van der Waals surface area contributed by atoms with Crippen molar-refractivity contribution in [3.8, 4) is 10.8 Å². The van der Waals surface area contributed by atoms with Gasteiger partial charge in [0.15, 0.2) is 22.3 Å². The number of aromatic nitrogens is 4. The van der Waals surface area contributed by atoms with E-state index in [1.54, 1.807) is 50.5 Å². The molecule has 1 aromatic carbocycles. The standard InChI is InChI=1S/C17H13N5O2S/c1-9-14(25-17(20-9)15-18-6-3-7-19-15)16(23)22-11-4-5-13-12(8-11)21-10(2)24-13/h3-8H,1-2H3,(H,22,23). The number of anilines is 1. The van der Waals surface area contributed by atoms with E-state index in [9.17, 15) is 4.79 Å². The average Bonchev–Trinajstić information content (AvgIpc) is 3.17. The van der Waals surface area contributed by atoms with E-state index in [1.165, 1.54) is 11.3 Å². The number of aryl methyl sites for hydroxylation is 2. The van der Waals surface area contributed by atoms with E-state index in [1.807, 2.05) is 0 Å². The number of hydrogen-bond acceptors (Lipinski definition) is 7. The van der Waals surface area contributed by atoms with Crippen molar-refractivity contribution in [3.63, 3.8) is 0 Å². The molecule has 0 radical (unpaired) electrons. The first kappa shape index (κ1) is 15.4. The summed E-state index contributed by atoms with van der Waals surface area (Å²) in [5.41, 5.74) is 2.68. The Labute approximate surface area is 146 Å². The summed E-state index contributed by atoms with van der Waals surface area (Å²) in [6, 6.07) is 7.08. The number of carbonyl (C=O) groups is 1. The first-order valence-electron chi connectivity index (χ1n) is 7.53. The van der Waals surface area contributed by atoms with Crippen LogP contribution in [0, 0.1) is 13.8 Å². The van der Waals surface area contributed by atoms with Gasteiger partial charge in [0.05, 0.1) is 5.69 Å². The lowest BCUT2D eigenvalue weighted by Gasteiger charge is -2.03. The monoisotopic (exact) mass is 351 g/mol. The van der Waals surface area contributed by atoms with Gasteiger partial charge in [-0.1, -0.05) is 0 Å². The van der Waals surface area contributed by atoms with Crippen molar-refractivity contribution >= 4 is 34.0 Å². The lowest BCUT2D eigenvalue weighted by atomic mass is 10.2. The molecule has 0 saturated heterocycles. The molecule has 25 heavy (non-hydrogen) atoms. The van der Waals surface area contributed by atoms with Crippen molar-refractivity contribution in [3.05, 3.63) is 53.1 Å². The van der Waals surface area contributed by atoms with Crippen LogP contribution in [-0.2, 0) is 0 Å². The van der Waals surface area contributed by atoms with Gasteiger partial charge in [-0.2, -0.15) is 0 Å². The Morgan fingerprint density at radius 3 is 2.76 bits per heavy atom. The molecule has 4 rings (SSSR count). The van der Waals surface area contributed by atoms with Crippen LogP contribution in [0.15, 0.2) is 41.1 Å². The molecule has 124 valence electrons. The Balaban J connectivity index is 1.61. The zero-order chi connectivity index (χ0) is 17.4. The molecule has 0 bridgehead atoms. The third-order valence-electron chi connectivity index (χ3n) is 3.51. The minimum Gasteiger partial charge on any atom is -0.441 e. The smallest absolute Gasteiger partial charge is 0.267 e. The van der Waals surface area contributed by atoms with Gasteiger partial charge in [0, 0.05) is 25.0 Å². The molecular formula is C17H13N5O2S. The molecule has 1 N–H and O–H groups in total. The van der Waals surface area contributed by atoms with Gasteiger partial charge in [-0.05, 0) is 31.2 Å². The van der Waals surface area contributed by atoms with Crippen LogP contribution in [0.4, 0.5) is 5.69 Å². The van der Waals surface area contributed by atoms with E-state index in [2.05, 4.69) is 25.3 Å². The Morgan fingerprint density at radius 2 is 1.96 bits per heavy atom. The number of nitrogens with zero attached hydrogens (tertiary/aromatic N) is 4. The maximum absolute atomic E-state index is 12.6. The highest BCUT2D eigenvalue weighted by Crippen LogP contribution is 2.26. The molecule has 1 amide bonds. The van der Waals surface area contributed by atoms with Gasteiger partial charge >= 0.3 is 0 Å². The van der Waals surface area contributed by atoms with Crippen molar-refractivity contribution < 1.29 is 9.21 Å². The topological polar surface area (TPSA) is 93.8 Å². The molecule has 7 nitrogen and oxygen atoms in total. The average molecular weight is 351 g/mol. The Hall–Kier alpha value is -3.13. The zero-order valence-electron chi connectivity index (χ0n) is 13.5. The van der Waals surface area contributed by atoms with Crippen LogP contribution in [0.2, 0.25) is 0 Å². The maximum Gasteiger partial charge on any atom is 0.267 e. The quantitative estimate of drug-likeness (QED) is 0.606. The predicted octanol–water partition coefficient (Wildman–Crippen LogP) is 3.61. The van der Waals surface area contributed by atoms with Crippen LogP contribution in [0.5, 0.6) is 0 Å².